The first-order chi connectivity index (χ1) is 13.9. The van der Waals surface area contributed by atoms with E-state index in [9.17, 15) is 14.7 Å². The lowest BCUT2D eigenvalue weighted by molar-refractivity contribution is -0.139. The molecule has 1 saturated heterocycles. The average molecular weight is 394 g/mol. The summed E-state index contributed by atoms with van der Waals surface area (Å²) in [6, 6.07) is 15.4. The smallest absolute Gasteiger partial charge is 0.295 e. The molecule has 2 aromatic carbocycles. The fourth-order valence-electron chi connectivity index (χ4n) is 3.55. The zero-order chi connectivity index (χ0) is 21.0. The summed E-state index contributed by atoms with van der Waals surface area (Å²) in [6.45, 7) is 1.21. The number of aliphatic hydroxyl groups is 1. The van der Waals surface area contributed by atoms with Crippen LogP contribution in [0.1, 0.15) is 23.6 Å². The highest BCUT2D eigenvalue weighted by Crippen LogP contribution is 2.39. The highest BCUT2D eigenvalue weighted by Gasteiger charge is 2.45. The fourth-order valence-corrected chi connectivity index (χ4v) is 3.55. The Bertz CT molecular complexity index is 904. The van der Waals surface area contributed by atoms with Crippen molar-refractivity contribution in [1.82, 2.24) is 9.80 Å². The van der Waals surface area contributed by atoms with E-state index in [0.29, 0.717) is 17.9 Å². The number of hydrogen-bond donors (Lipinski definition) is 1. The van der Waals surface area contributed by atoms with Gasteiger partial charge in [-0.05, 0) is 44.8 Å². The van der Waals surface area contributed by atoms with Gasteiger partial charge in [0.15, 0.2) is 0 Å². The van der Waals surface area contributed by atoms with Gasteiger partial charge >= 0.3 is 0 Å². The number of ketones is 1. The van der Waals surface area contributed by atoms with E-state index in [1.807, 2.05) is 37.2 Å². The maximum absolute atomic E-state index is 12.9. The topological polar surface area (TPSA) is 70.1 Å². The van der Waals surface area contributed by atoms with Crippen LogP contribution in [0.2, 0.25) is 0 Å². The van der Waals surface area contributed by atoms with Crippen LogP contribution < -0.4 is 4.74 Å². The van der Waals surface area contributed by atoms with E-state index in [1.54, 1.807) is 48.4 Å². The number of likely N-dealkylation sites (tertiary alicyclic amines) is 1. The third kappa shape index (κ3) is 4.32. The van der Waals surface area contributed by atoms with Crippen molar-refractivity contribution in [3.8, 4) is 5.75 Å². The first-order valence-corrected chi connectivity index (χ1v) is 9.56. The van der Waals surface area contributed by atoms with Crippen LogP contribution in [0, 0.1) is 0 Å². The number of Topliss-reactive ketones (excluding diaryl/α,β-unsaturated/α-hetero) is 1. The van der Waals surface area contributed by atoms with Crippen LogP contribution >= 0.6 is 0 Å². The number of ether oxygens (including phenoxy) is 1. The quantitative estimate of drug-likeness (QED) is 0.444. The minimum atomic E-state index is -0.656. The SMILES string of the molecule is COc1ccc([C@@H]2C(=C(O)c3ccccc3)C(=O)C(=O)N2CCCN(C)C)cc1. The Kier molecular flexibility index (Phi) is 6.34. The maximum Gasteiger partial charge on any atom is 0.295 e. The van der Waals surface area contributed by atoms with E-state index in [2.05, 4.69) is 0 Å². The second kappa shape index (κ2) is 8.92. The van der Waals surface area contributed by atoms with Crippen molar-refractivity contribution in [3.05, 3.63) is 71.3 Å². The first-order valence-electron chi connectivity index (χ1n) is 9.56. The molecule has 2 aromatic rings. The van der Waals surface area contributed by atoms with Crippen LogP contribution in [0.25, 0.3) is 5.76 Å². The molecule has 1 N–H and O–H groups in total. The minimum absolute atomic E-state index is 0.121. The molecule has 29 heavy (non-hydrogen) atoms. The van der Waals surface area contributed by atoms with E-state index in [1.165, 1.54) is 0 Å². The second-order valence-corrected chi connectivity index (χ2v) is 7.29. The van der Waals surface area contributed by atoms with E-state index in [0.717, 1.165) is 18.5 Å². The van der Waals surface area contributed by atoms with Crippen LogP contribution in [0.5, 0.6) is 5.75 Å². The van der Waals surface area contributed by atoms with Gasteiger partial charge in [0.05, 0.1) is 18.7 Å². The predicted octanol–water partition coefficient (Wildman–Crippen LogP) is 3.07. The standard InChI is InChI=1S/C23H26N2O4/c1-24(2)14-7-15-25-20(16-10-12-18(29-3)13-11-16)19(22(27)23(25)28)21(26)17-8-5-4-6-9-17/h4-6,8-13,20,26H,7,14-15H2,1-3H3/t20-/m1/s1. The lowest BCUT2D eigenvalue weighted by atomic mass is 9.95. The van der Waals surface area contributed by atoms with Gasteiger partial charge in [-0.1, -0.05) is 42.5 Å². The van der Waals surface area contributed by atoms with E-state index < -0.39 is 17.7 Å². The summed E-state index contributed by atoms with van der Waals surface area (Å²) in [5, 5.41) is 10.9. The van der Waals surface area contributed by atoms with Crippen molar-refractivity contribution >= 4 is 17.4 Å². The van der Waals surface area contributed by atoms with Crippen molar-refractivity contribution in [3.63, 3.8) is 0 Å². The summed E-state index contributed by atoms with van der Waals surface area (Å²) < 4.78 is 5.22. The molecule has 6 nitrogen and oxygen atoms in total. The number of carbonyl (C=O) groups is 2. The number of hydrogen-bond acceptors (Lipinski definition) is 5. The summed E-state index contributed by atoms with van der Waals surface area (Å²) >= 11 is 0. The lowest BCUT2D eigenvalue weighted by Gasteiger charge is -2.26. The normalized spacial score (nSPS) is 18.5. The van der Waals surface area contributed by atoms with E-state index in [4.69, 9.17) is 4.74 Å². The molecule has 0 spiro atoms. The summed E-state index contributed by atoms with van der Waals surface area (Å²) in [6.07, 6.45) is 0.720. The third-order valence-corrected chi connectivity index (χ3v) is 5.02. The monoisotopic (exact) mass is 394 g/mol. The second-order valence-electron chi connectivity index (χ2n) is 7.29. The van der Waals surface area contributed by atoms with Gasteiger partial charge in [0.25, 0.3) is 11.7 Å². The Morgan fingerprint density at radius 1 is 1.07 bits per heavy atom. The number of rotatable bonds is 7. The van der Waals surface area contributed by atoms with Gasteiger partial charge < -0.3 is 19.6 Å². The summed E-state index contributed by atoms with van der Waals surface area (Å²) in [5.74, 6) is -0.708. The van der Waals surface area contributed by atoms with E-state index >= 15 is 0 Å². The third-order valence-electron chi connectivity index (χ3n) is 5.02. The summed E-state index contributed by atoms with van der Waals surface area (Å²) in [4.78, 5) is 29.3. The molecule has 0 aliphatic carbocycles. The Labute approximate surface area is 171 Å². The van der Waals surface area contributed by atoms with Gasteiger partial charge in [-0.3, -0.25) is 9.59 Å². The molecule has 1 atom stereocenters. The fraction of sp³-hybridized carbons (Fsp3) is 0.304. The van der Waals surface area contributed by atoms with Crippen molar-refractivity contribution in [2.45, 2.75) is 12.5 Å². The minimum Gasteiger partial charge on any atom is -0.507 e. The van der Waals surface area contributed by atoms with Crippen LogP contribution in [0.4, 0.5) is 0 Å². The Morgan fingerprint density at radius 2 is 1.72 bits per heavy atom. The number of nitrogens with zero attached hydrogens (tertiary/aromatic N) is 2. The Morgan fingerprint density at radius 3 is 2.31 bits per heavy atom. The zero-order valence-electron chi connectivity index (χ0n) is 17.0. The molecule has 3 rings (SSSR count). The average Bonchev–Trinajstić information content (AvgIpc) is 2.98. The Balaban J connectivity index is 2.06. The molecule has 6 heteroatoms. The summed E-state index contributed by atoms with van der Waals surface area (Å²) in [5.41, 5.74) is 1.39. The highest BCUT2D eigenvalue weighted by molar-refractivity contribution is 6.46. The molecule has 0 radical (unpaired) electrons. The zero-order valence-corrected chi connectivity index (χ0v) is 17.0. The number of carbonyl (C=O) groups excluding carboxylic acids is 2. The number of aliphatic hydroxyl groups excluding tert-OH is 1. The largest absolute Gasteiger partial charge is 0.507 e. The van der Waals surface area contributed by atoms with Crippen molar-refractivity contribution < 1.29 is 19.4 Å². The van der Waals surface area contributed by atoms with Crippen molar-refractivity contribution in [2.24, 2.45) is 0 Å². The van der Waals surface area contributed by atoms with Crippen LogP contribution in [-0.4, -0.2) is 60.9 Å². The molecule has 1 aliphatic rings. The number of methoxy groups -OCH3 is 1. The molecule has 1 amide bonds. The molecule has 1 aliphatic heterocycles. The summed E-state index contributed by atoms with van der Waals surface area (Å²) in [7, 11) is 5.51. The Hall–Kier alpha value is -3.12. The molecular weight excluding hydrogens is 368 g/mol. The molecular formula is C23H26N2O4. The van der Waals surface area contributed by atoms with Gasteiger partial charge in [0.2, 0.25) is 0 Å². The van der Waals surface area contributed by atoms with E-state index in [-0.39, 0.29) is 11.3 Å². The molecule has 0 saturated carbocycles. The van der Waals surface area contributed by atoms with Gasteiger partial charge in [0, 0.05) is 12.1 Å². The van der Waals surface area contributed by atoms with Gasteiger partial charge in [-0.2, -0.15) is 0 Å². The van der Waals surface area contributed by atoms with Crippen molar-refractivity contribution in [1.29, 1.82) is 0 Å². The molecule has 1 fully saturated rings. The maximum atomic E-state index is 12.9. The molecule has 0 unspecified atom stereocenters. The number of benzene rings is 2. The lowest BCUT2D eigenvalue weighted by Crippen LogP contribution is -2.32. The van der Waals surface area contributed by atoms with Gasteiger partial charge in [-0.25, -0.2) is 0 Å². The van der Waals surface area contributed by atoms with Crippen LogP contribution in [0.15, 0.2) is 60.2 Å². The molecule has 0 bridgehead atoms. The molecule has 152 valence electrons. The van der Waals surface area contributed by atoms with Crippen molar-refractivity contribution in [2.75, 3.05) is 34.3 Å². The predicted molar refractivity (Wildman–Crippen MR) is 112 cm³/mol. The van der Waals surface area contributed by atoms with Crippen LogP contribution in [-0.2, 0) is 9.59 Å². The highest BCUT2D eigenvalue weighted by atomic mass is 16.5. The van der Waals surface area contributed by atoms with Gasteiger partial charge in [0.1, 0.15) is 11.5 Å². The van der Waals surface area contributed by atoms with Gasteiger partial charge in [-0.15, -0.1) is 0 Å². The number of amides is 1. The molecule has 0 aromatic heterocycles. The van der Waals surface area contributed by atoms with Crippen LogP contribution in [0.3, 0.4) is 0 Å². The molecule has 1 heterocycles. The first kappa shape index (κ1) is 20.6.